The molecule has 41 heavy (non-hydrogen) atoms. The highest BCUT2D eigenvalue weighted by Gasteiger charge is 2.35. The molecule has 0 aliphatic rings. The smallest absolute Gasteiger partial charge is 0.416 e. The third-order valence-corrected chi connectivity index (χ3v) is 6.88. The van der Waals surface area contributed by atoms with E-state index in [1.54, 1.807) is 12.1 Å². The van der Waals surface area contributed by atoms with E-state index in [2.05, 4.69) is 0 Å². The van der Waals surface area contributed by atoms with Gasteiger partial charge in [0.25, 0.3) is 0 Å². The molecular weight excluding hydrogens is 598 g/mol. The minimum Gasteiger partial charge on any atom is -0.456 e. The van der Waals surface area contributed by atoms with E-state index in [0.29, 0.717) is 18.2 Å². The summed E-state index contributed by atoms with van der Waals surface area (Å²) in [5, 5.41) is 11.2. The Morgan fingerprint density at radius 3 is 2.22 bits per heavy atom. The van der Waals surface area contributed by atoms with Crippen LogP contribution in [0.1, 0.15) is 28.4 Å². The second-order valence-corrected chi connectivity index (χ2v) is 9.72. The first kappa shape index (κ1) is 30.5. The van der Waals surface area contributed by atoms with Crippen molar-refractivity contribution in [1.29, 1.82) is 0 Å². The van der Waals surface area contributed by atoms with Crippen molar-refractivity contribution in [2.45, 2.75) is 25.0 Å². The van der Waals surface area contributed by atoms with Crippen LogP contribution in [0.15, 0.2) is 84.9 Å². The van der Waals surface area contributed by atoms with Crippen LogP contribution in [0.25, 0.3) is 0 Å². The summed E-state index contributed by atoms with van der Waals surface area (Å²) in [6.45, 7) is -1.06. The molecule has 0 aliphatic heterocycles. The summed E-state index contributed by atoms with van der Waals surface area (Å²) in [6.07, 6.45) is -11.3. The minimum absolute atomic E-state index is 0.113. The molecular formula is C29H20Cl2F7NO2. The summed E-state index contributed by atoms with van der Waals surface area (Å²) >= 11 is 12.2. The maximum atomic E-state index is 14.7. The third kappa shape index (κ3) is 7.44. The third-order valence-electron chi connectivity index (χ3n) is 6.08. The van der Waals surface area contributed by atoms with Gasteiger partial charge in [0, 0.05) is 30.4 Å². The predicted octanol–water partition coefficient (Wildman–Crippen LogP) is 9.70. The normalized spacial score (nSPS) is 12.7. The van der Waals surface area contributed by atoms with E-state index in [0.717, 1.165) is 18.2 Å². The largest absolute Gasteiger partial charge is 0.456 e. The Morgan fingerprint density at radius 2 is 1.51 bits per heavy atom. The second kappa shape index (κ2) is 12.2. The van der Waals surface area contributed by atoms with E-state index in [9.17, 15) is 35.8 Å². The molecule has 1 N–H and O–H groups in total. The number of anilines is 1. The van der Waals surface area contributed by atoms with Crippen LogP contribution in [0.2, 0.25) is 10.0 Å². The van der Waals surface area contributed by atoms with E-state index in [-0.39, 0.29) is 32.8 Å². The maximum absolute atomic E-state index is 14.7. The molecule has 1 unspecified atom stereocenters. The molecule has 0 spiro atoms. The highest BCUT2D eigenvalue weighted by atomic mass is 35.5. The molecule has 0 saturated heterocycles. The monoisotopic (exact) mass is 617 g/mol. The van der Waals surface area contributed by atoms with Crippen LogP contribution in [0, 0.1) is 5.82 Å². The molecule has 0 radical (unpaired) electrons. The number of aliphatic hydroxyl groups is 1. The number of benzene rings is 4. The number of hydrogen-bond acceptors (Lipinski definition) is 3. The first-order valence-electron chi connectivity index (χ1n) is 11.9. The van der Waals surface area contributed by atoms with Crippen molar-refractivity contribution in [2.75, 3.05) is 11.4 Å². The van der Waals surface area contributed by atoms with Crippen LogP contribution in [0.4, 0.5) is 36.4 Å². The number of hydrogen-bond donors (Lipinski definition) is 1. The highest BCUT2D eigenvalue weighted by molar-refractivity contribution is 6.42. The van der Waals surface area contributed by atoms with Gasteiger partial charge in [0.15, 0.2) is 0 Å². The molecule has 0 fully saturated rings. The van der Waals surface area contributed by atoms with Gasteiger partial charge in [0.05, 0.1) is 22.3 Å². The van der Waals surface area contributed by atoms with Gasteiger partial charge in [-0.1, -0.05) is 53.5 Å². The first-order chi connectivity index (χ1) is 19.2. The molecule has 0 amide bonds. The molecule has 0 aromatic heterocycles. The van der Waals surface area contributed by atoms with Gasteiger partial charge < -0.3 is 14.7 Å². The summed E-state index contributed by atoms with van der Waals surface area (Å²) in [6, 6.07) is 16.8. The lowest BCUT2D eigenvalue weighted by molar-refractivity contribution is -0.139. The summed E-state index contributed by atoms with van der Waals surface area (Å²) in [5.41, 5.74) is -2.82. The average Bonchev–Trinajstić information content (AvgIpc) is 2.91. The second-order valence-electron chi connectivity index (χ2n) is 8.94. The van der Waals surface area contributed by atoms with Gasteiger partial charge in [0.2, 0.25) is 0 Å². The molecule has 12 heteroatoms. The Labute approximate surface area is 240 Å². The van der Waals surface area contributed by atoms with Gasteiger partial charge >= 0.3 is 12.4 Å². The van der Waals surface area contributed by atoms with Crippen molar-refractivity contribution >= 4 is 28.9 Å². The molecule has 4 rings (SSSR count). The molecule has 0 aliphatic carbocycles. The molecule has 4 aromatic rings. The van der Waals surface area contributed by atoms with E-state index < -0.39 is 54.1 Å². The topological polar surface area (TPSA) is 32.7 Å². The fourth-order valence-electron chi connectivity index (χ4n) is 4.13. The van der Waals surface area contributed by atoms with Crippen LogP contribution < -0.4 is 9.64 Å². The minimum atomic E-state index is -4.78. The SMILES string of the molecule is OC(CN(Cc1cc(C(F)(F)F)ccc1F)c1cccc(Oc2cccc(Cl)c2Cl)c1)c1ccccc1C(F)(F)F. The van der Waals surface area contributed by atoms with Crippen LogP contribution in [-0.4, -0.2) is 11.7 Å². The zero-order chi connectivity index (χ0) is 29.9. The predicted molar refractivity (Wildman–Crippen MR) is 142 cm³/mol. The number of halogens is 9. The van der Waals surface area contributed by atoms with Crippen LogP contribution in [0.5, 0.6) is 11.5 Å². The fraction of sp³-hybridized carbons (Fsp3) is 0.172. The Morgan fingerprint density at radius 1 is 0.805 bits per heavy atom. The lowest BCUT2D eigenvalue weighted by atomic mass is 10.0. The fourth-order valence-corrected chi connectivity index (χ4v) is 4.46. The maximum Gasteiger partial charge on any atom is 0.416 e. The summed E-state index contributed by atoms with van der Waals surface area (Å²) < 4.78 is 101. The summed E-state index contributed by atoms with van der Waals surface area (Å²) in [4.78, 5) is 1.25. The molecule has 216 valence electrons. The lowest BCUT2D eigenvalue weighted by Crippen LogP contribution is -2.29. The van der Waals surface area contributed by atoms with Gasteiger partial charge in [-0.15, -0.1) is 0 Å². The number of alkyl halides is 6. The van der Waals surface area contributed by atoms with E-state index >= 15 is 0 Å². The van der Waals surface area contributed by atoms with Crippen molar-refractivity contribution in [3.05, 3.63) is 123 Å². The Hall–Kier alpha value is -3.47. The van der Waals surface area contributed by atoms with E-state index in [4.69, 9.17) is 27.9 Å². The summed E-state index contributed by atoms with van der Waals surface area (Å²) in [7, 11) is 0. The zero-order valence-electron chi connectivity index (χ0n) is 20.8. The molecule has 0 bridgehead atoms. The van der Waals surface area contributed by atoms with E-state index in [1.165, 1.54) is 41.3 Å². The van der Waals surface area contributed by atoms with Gasteiger partial charge in [-0.25, -0.2) is 4.39 Å². The van der Waals surface area contributed by atoms with E-state index in [1.807, 2.05) is 0 Å². The average molecular weight is 618 g/mol. The van der Waals surface area contributed by atoms with Crippen molar-refractivity contribution in [3.8, 4) is 11.5 Å². The summed E-state index contributed by atoms with van der Waals surface area (Å²) in [5.74, 6) is -0.594. The van der Waals surface area contributed by atoms with Crippen molar-refractivity contribution in [2.24, 2.45) is 0 Å². The Balaban J connectivity index is 1.74. The lowest BCUT2D eigenvalue weighted by Gasteiger charge is -2.29. The van der Waals surface area contributed by atoms with Gasteiger partial charge in [-0.2, -0.15) is 26.3 Å². The van der Waals surface area contributed by atoms with Crippen LogP contribution >= 0.6 is 23.2 Å². The molecule has 0 saturated carbocycles. The van der Waals surface area contributed by atoms with Crippen molar-refractivity contribution in [1.82, 2.24) is 0 Å². The van der Waals surface area contributed by atoms with Crippen molar-refractivity contribution in [3.63, 3.8) is 0 Å². The molecule has 0 heterocycles. The van der Waals surface area contributed by atoms with Crippen LogP contribution in [0.3, 0.4) is 0 Å². The number of nitrogens with zero attached hydrogens (tertiary/aromatic N) is 1. The highest BCUT2D eigenvalue weighted by Crippen LogP contribution is 2.38. The first-order valence-corrected chi connectivity index (χ1v) is 12.7. The Kier molecular flexibility index (Phi) is 9.06. The number of aliphatic hydroxyl groups excluding tert-OH is 1. The standard InChI is InChI=1S/C29H20Cl2F7NO2/c30-23-9-4-10-26(27(23)31)41-20-6-3-5-19(14-20)39(15-17-13-18(28(33,34)35)11-12-24(17)32)16-25(40)21-7-1-2-8-22(21)29(36,37)38/h1-14,25,40H,15-16H2. The quantitative estimate of drug-likeness (QED) is 0.200. The number of rotatable bonds is 8. The zero-order valence-corrected chi connectivity index (χ0v) is 22.3. The molecule has 4 aromatic carbocycles. The molecule has 3 nitrogen and oxygen atoms in total. The van der Waals surface area contributed by atoms with Gasteiger partial charge in [-0.05, 0) is 54.1 Å². The van der Waals surface area contributed by atoms with Gasteiger partial charge in [-0.3, -0.25) is 0 Å². The van der Waals surface area contributed by atoms with Gasteiger partial charge in [0.1, 0.15) is 22.3 Å². The van der Waals surface area contributed by atoms with Crippen molar-refractivity contribution < 1.29 is 40.6 Å². The Bertz CT molecular complexity index is 1530. The molecule has 1 atom stereocenters. The number of ether oxygens (including phenoxy) is 1. The van der Waals surface area contributed by atoms with Crippen LogP contribution in [-0.2, 0) is 18.9 Å².